The van der Waals surface area contributed by atoms with Crippen molar-refractivity contribution in [3.63, 3.8) is 0 Å². The Morgan fingerprint density at radius 2 is 2.14 bits per heavy atom. The van der Waals surface area contributed by atoms with Crippen molar-refractivity contribution in [2.75, 3.05) is 5.33 Å². The van der Waals surface area contributed by atoms with E-state index in [0.717, 1.165) is 5.33 Å². The Balaban J connectivity index is 2.97. The van der Waals surface area contributed by atoms with E-state index < -0.39 is 0 Å². The molecule has 14 heavy (non-hydrogen) atoms. The summed E-state index contributed by atoms with van der Waals surface area (Å²) < 4.78 is 14.3. The van der Waals surface area contributed by atoms with Gasteiger partial charge < -0.3 is 4.57 Å². The van der Waals surface area contributed by atoms with E-state index in [4.69, 9.17) is 0 Å². The molecular weight excluding hydrogens is 249 g/mol. The Bertz CT molecular complexity index is 373. The van der Waals surface area contributed by atoms with Crippen LogP contribution in [0, 0.1) is 11.2 Å². The average Bonchev–Trinajstić information content (AvgIpc) is 2.11. The number of alkyl halides is 1. The maximum atomic E-state index is 12.9. The van der Waals surface area contributed by atoms with Crippen molar-refractivity contribution >= 4 is 15.9 Å². The van der Waals surface area contributed by atoms with Crippen LogP contribution in [0.2, 0.25) is 0 Å². The van der Waals surface area contributed by atoms with E-state index in [-0.39, 0.29) is 16.8 Å². The molecule has 1 aromatic heterocycles. The maximum Gasteiger partial charge on any atom is 0.250 e. The van der Waals surface area contributed by atoms with E-state index >= 15 is 0 Å². The maximum absolute atomic E-state index is 12.9. The van der Waals surface area contributed by atoms with Crippen LogP contribution in [0.25, 0.3) is 0 Å². The molecule has 0 aliphatic heterocycles. The van der Waals surface area contributed by atoms with Gasteiger partial charge in [-0.3, -0.25) is 4.79 Å². The van der Waals surface area contributed by atoms with E-state index in [1.54, 1.807) is 0 Å². The molecule has 0 atom stereocenters. The molecule has 0 aromatic carbocycles. The normalized spacial score (nSPS) is 11.7. The summed E-state index contributed by atoms with van der Waals surface area (Å²) in [6, 6.07) is 2.43. The predicted octanol–water partition coefficient (Wildman–Crippen LogP) is 2.41. The van der Waals surface area contributed by atoms with Gasteiger partial charge in [-0.1, -0.05) is 29.8 Å². The molecule has 0 fully saturated rings. The summed E-state index contributed by atoms with van der Waals surface area (Å²) in [5.41, 5.74) is -0.224. The first-order valence-corrected chi connectivity index (χ1v) is 5.49. The third-order valence-electron chi connectivity index (χ3n) is 1.91. The third kappa shape index (κ3) is 2.94. The lowest BCUT2D eigenvalue weighted by molar-refractivity contribution is 0.345. The van der Waals surface area contributed by atoms with Crippen LogP contribution in [0.3, 0.4) is 0 Å². The van der Waals surface area contributed by atoms with Crippen molar-refractivity contribution in [2.24, 2.45) is 5.41 Å². The van der Waals surface area contributed by atoms with Gasteiger partial charge >= 0.3 is 0 Å². The van der Waals surface area contributed by atoms with Crippen molar-refractivity contribution in [1.29, 1.82) is 0 Å². The number of pyridine rings is 1. The first kappa shape index (κ1) is 11.4. The highest BCUT2D eigenvalue weighted by Gasteiger charge is 2.17. The Hall–Kier alpha value is -0.640. The van der Waals surface area contributed by atoms with Gasteiger partial charge in [0, 0.05) is 24.1 Å². The quantitative estimate of drug-likeness (QED) is 0.767. The van der Waals surface area contributed by atoms with Crippen LogP contribution in [0.4, 0.5) is 4.39 Å². The molecule has 0 saturated heterocycles. The Labute approximate surface area is 90.9 Å². The summed E-state index contributed by atoms with van der Waals surface area (Å²) in [5, 5.41) is 0.767. The van der Waals surface area contributed by atoms with Gasteiger partial charge in [0.1, 0.15) is 5.82 Å². The molecule has 4 heteroatoms. The highest BCUT2D eigenvalue weighted by Crippen LogP contribution is 2.19. The number of hydrogen-bond acceptors (Lipinski definition) is 1. The summed E-state index contributed by atoms with van der Waals surface area (Å²) >= 11 is 3.36. The topological polar surface area (TPSA) is 22.0 Å². The number of hydrogen-bond donors (Lipinski definition) is 0. The summed E-state index contributed by atoms with van der Waals surface area (Å²) in [5.74, 6) is -0.380. The molecule has 0 aliphatic carbocycles. The van der Waals surface area contributed by atoms with E-state index in [1.807, 2.05) is 13.8 Å². The molecule has 0 unspecified atom stereocenters. The van der Waals surface area contributed by atoms with Gasteiger partial charge in [-0.15, -0.1) is 0 Å². The first-order valence-electron chi connectivity index (χ1n) is 4.36. The Kier molecular flexibility index (Phi) is 3.48. The standard InChI is InChI=1S/C10H13BrFNO/c1-10(2,6-11)7-13-5-8(12)3-4-9(13)14/h3-5H,6-7H2,1-2H3. The highest BCUT2D eigenvalue weighted by atomic mass is 79.9. The van der Waals surface area contributed by atoms with Crippen LogP contribution in [0.5, 0.6) is 0 Å². The van der Waals surface area contributed by atoms with Crippen LogP contribution in [-0.4, -0.2) is 9.90 Å². The van der Waals surface area contributed by atoms with E-state index in [0.29, 0.717) is 6.54 Å². The predicted molar refractivity (Wildman–Crippen MR) is 58.2 cm³/mol. The molecular formula is C10H13BrFNO. The van der Waals surface area contributed by atoms with Crippen LogP contribution in [0.1, 0.15) is 13.8 Å². The Morgan fingerprint density at radius 1 is 1.50 bits per heavy atom. The lowest BCUT2D eigenvalue weighted by atomic mass is 9.97. The minimum atomic E-state index is -0.380. The molecule has 0 radical (unpaired) electrons. The van der Waals surface area contributed by atoms with Gasteiger partial charge in [0.2, 0.25) is 0 Å². The molecule has 0 saturated carbocycles. The number of rotatable bonds is 3. The number of nitrogens with zero attached hydrogens (tertiary/aromatic N) is 1. The molecule has 2 nitrogen and oxygen atoms in total. The van der Waals surface area contributed by atoms with Gasteiger partial charge in [-0.25, -0.2) is 4.39 Å². The van der Waals surface area contributed by atoms with Crippen LogP contribution in [0.15, 0.2) is 23.1 Å². The summed E-state index contributed by atoms with van der Waals surface area (Å²) in [4.78, 5) is 11.3. The third-order valence-corrected chi connectivity index (χ3v) is 3.43. The smallest absolute Gasteiger partial charge is 0.250 e. The lowest BCUT2D eigenvalue weighted by Gasteiger charge is -2.22. The van der Waals surface area contributed by atoms with Crippen molar-refractivity contribution in [1.82, 2.24) is 4.57 Å². The molecule has 0 spiro atoms. The van der Waals surface area contributed by atoms with Crippen molar-refractivity contribution in [3.8, 4) is 0 Å². The van der Waals surface area contributed by atoms with Gasteiger partial charge in [0.25, 0.3) is 5.56 Å². The zero-order chi connectivity index (χ0) is 10.8. The first-order chi connectivity index (χ1) is 6.44. The van der Waals surface area contributed by atoms with Gasteiger partial charge in [0.15, 0.2) is 0 Å². The Morgan fingerprint density at radius 3 is 2.71 bits per heavy atom. The van der Waals surface area contributed by atoms with Crippen molar-refractivity contribution < 1.29 is 4.39 Å². The number of halogens is 2. The molecule has 1 heterocycles. The van der Waals surface area contributed by atoms with E-state index in [9.17, 15) is 9.18 Å². The molecule has 0 N–H and O–H groups in total. The fraction of sp³-hybridized carbons (Fsp3) is 0.500. The number of aromatic nitrogens is 1. The van der Waals surface area contributed by atoms with Gasteiger partial charge in [-0.05, 0) is 11.5 Å². The molecule has 0 bridgehead atoms. The highest BCUT2D eigenvalue weighted by molar-refractivity contribution is 9.09. The molecule has 1 rings (SSSR count). The zero-order valence-corrected chi connectivity index (χ0v) is 9.84. The molecule has 78 valence electrons. The van der Waals surface area contributed by atoms with Crippen LogP contribution >= 0.6 is 15.9 Å². The summed E-state index contributed by atoms with van der Waals surface area (Å²) in [6.07, 6.45) is 1.24. The second kappa shape index (κ2) is 4.26. The lowest BCUT2D eigenvalue weighted by Crippen LogP contribution is -2.28. The van der Waals surface area contributed by atoms with Crippen molar-refractivity contribution in [2.45, 2.75) is 20.4 Å². The zero-order valence-electron chi connectivity index (χ0n) is 8.26. The molecule has 0 aliphatic rings. The van der Waals surface area contributed by atoms with Gasteiger partial charge in [-0.2, -0.15) is 0 Å². The second-order valence-electron chi connectivity index (χ2n) is 4.11. The fourth-order valence-electron chi connectivity index (χ4n) is 1.13. The largest absolute Gasteiger partial charge is 0.312 e. The van der Waals surface area contributed by atoms with Crippen LogP contribution < -0.4 is 5.56 Å². The van der Waals surface area contributed by atoms with Crippen molar-refractivity contribution in [3.05, 3.63) is 34.5 Å². The van der Waals surface area contributed by atoms with Gasteiger partial charge in [0.05, 0.1) is 0 Å². The fourth-order valence-corrected chi connectivity index (χ4v) is 1.31. The summed E-state index contributed by atoms with van der Waals surface area (Å²) in [6.45, 7) is 4.53. The minimum Gasteiger partial charge on any atom is -0.312 e. The van der Waals surface area contributed by atoms with Crippen LogP contribution in [-0.2, 0) is 6.54 Å². The molecule has 1 aromatic rings. The average molecular weight is 262 g/mol. The SMILES string of the molecule is CC(C)(CBr)Cn1cc(F)ccc1=O. The minimum absolute atomic E-state index is 0.0579. The van der Waals surface area contributed by atoms with E-state index in [2.05, 4.69) is 15.9 Å². The molecule has 0 amide bonds. The van der Waals surface area contributed by atoms with E-state index in [1.165, 1.54) is 22.9 Å². The monoisotopic (exact) mass is 261 g/mol. The second-order valence-corrected chi connectivity index (χ2v) is 4.67. The summed E-state index contributed by atoms with van der Waals surface area (Å²) in [7, 11) is 0.